The van der Waals surface area contributed by atoms with Crippen molar-refractivity contribution in [1.82, 2.24) is 4.90 Å². The van der Waals surface area contributed by atoms with E-state index < -0.39 is 0 Å². The highest BCUT2D eigenvalue weighted by Crippen LogP contribution is 2.07. The number of nitrogens with zero attached hydrogens (tertiary/aromatic N) is 1. The van der Waals surface area contributed by atoms with Crippen LogP contribution in [0, 0.1) is 0 Å². The van der Waals surface area contributed by atoms with Crippen LogP contribution < -0.4 is 0 Å². The van der Waals surface area contributed by atoms with E-state index >= 15 is 0 Å². The first-order valence-electron chi connectivity index (χ1n) is 6.84. The minimum absolute atomic E-state index is 0.139. The van der Waals surface area contributed by atoms with E-state index in [4.69, 9.17) is 9.84 Å². The van der Waals surface area contributed by atoms with Gasteiger partial charge in [0.25, 0.3) is 0 Å². The van der Waals surface area contributed by atoms with Crippen LogP contribution in [0.2, 0.25) is 0 Å². The SMILES string of the molecule is CC.CC.OCCOCCN1CCCCC1. The molecule has 0 aromatic rings. The summed E-state index contributed by atoms with van der Waals surface area (Å²) in [5.41, 5.74) is 0. The zero-order chi connectivity index (χ0) is 12.6. The average Bonchev–Trinajstić information content (AvgIpc) is 2.41. The van der Waals surface area contributed by atoms with Crippen LogP contribution in [0.3, 0.4) is 0 Å². The number of ether oxygens (including phenoxy) is 1. The molecule has 0 atom stereocenters. The second-order valence-corrected chi connectivity index (χ2v) is 3.24. The van der Waals surface area contributed by atoms with Gasteiger partial charge in [-0.05, 0) is 25.9 Å². The summed E-state index contributed by atoms with van der Waals surface area (Å²) in [6, 6.07) is 0. The first-order chi connectivity index (χ1) is 7.93. The van der Waals surface area contributed by atoms with Gasteiger partial charge in [-0.2, -0.15) is 0 Å². The lowest BCUT2D eigenvalue weighted by molar-refractivity contribution is 0.0695. The summed E-state index contributed by atoms with van der Waals surface area (Å²) in [5.74, 6) is 0. The molecule has 3 heteroatoms. The van der Waals surface area contributed by atoms with Crippen LogP contribution in [-0.4, -0.2) is 49.5 Å². The summed E-state index contributed by atoms with van der Waals surface area (Å²) in [7, 11) is 0. The number of rotatable bonds is 5. The highest BCUT2D eigenvalue weighted by molar-refractivity contribution is 4.63. The highest BCUT2D eigenvalue weighted by Gasteiger charge is 2.08. The van der Waals surface area contributed by atoms with Crippen molar-refractivity contribution in [1.29, 1.82) is 0 Å². The van der Waals surface area contributed by atoms with Gasteiger partial charge < -0.3 is 14.7 Å². The largest absolute Gasteiger partial charge is 0.394 e. The lowest BCUT2D eigenvalue weighted by Gasteiger charge is -2.25. The van der Waals surface area contributed by atoms with E-state index in [1.165, 1.54) is 32.4 Å². The number of aliphatic hydroxyl groups is 1. The number of hydrogen-bond donors (Lipinski definition) is 1. The smallest absolute Gasteiger partial charge is 0.0698 e. The lowest BCUT2D eigenvalue weighted by atomic mass is 10.1. The molecule has 1 N–H and O–H groups in total. The number of aliphatic hydroxyl groups excluding tert-OH is 1. The highest BCUT2D eigenvalue weighted by atomic mass is 16.5. The third-order valence-corrected chi connectivity index (χ3v) is 2.24. The van der Waals surface area contributed by atoms with Crippen molar-refractivity contribution in [3.05, 3.63) is 0 Å². The Hall–Kier alpha value is -0.120. The fraction of sp³-hybridized carbons (Fsp3) is 1.00. The van der Waals surface area contributed by atoms with Crippen LogP contribution in [0.15, 0.2) is 0 Å². The molecule has 0 saturated carbocycles. The first-order valence-corrected chi connectivity index (χ1v) is 6.84. The second kappa shape index (κ2) is 17.3. The van der Waals surface area contributed by atoms with Crippen molar-refractivity contribution < 1.29 is 9.84 Å². The summed E-state index contributed by atoms with van der Waals surface area (Å²) in [5, 5.41) is 8.46. The quantitative estimate of drug-likeness (QED) is 0.741. The van der Waals surface area contributed by atoms with Gasteiger partial charge in [0.05, 0.1) is 19.8 Å². The standard InChI is InChI=1S/C9H19NO2.2C2H6/c11-7-9-12-8-6-10-4-2-1-3-5-10;2*1-2/h11H,1-9H2;2*1-2H3. The number of likely N-dealkylation sites (tertiary alicyclic amines) is 1. The number of piperidine rings is 1. The van der Waals surface area contributed by atoms with E-state index in [-0.39, 0.29) is 6.61 Å². The van der Waals surface area contributed by atoms with Crippen molar-refractivity contribution in [3.8, 4) is 0 Å². The van der Waals surface area contributed by atoms with Crippen LogP contribution in [0.4, 0.5) is 0 Å². The molecule has 1 saturated heterocycles. The van der Waals surface area contributed by atoms with Gasteiger partial charge in [-0.15, -0.1) is 0 Å². The molecule has 0 bridgehead atoms. The maximum Gasteiger partial charge on any atom is 0.0698 e. The maximum absolute atomic E-state index is 8.46. The molecule has 16 heavy (non-hydrogen) atoms. The molecule has 0 radical (unpaired) electrons. The predicted molar refractivity (Wildman–Crippen MR) is 70.9 cm³/mol. The summed E-state index contributed by atoms with van der Waals surface area (Å²) < 4.78 is 5.19. The van der Waals surface area contributed by atoms with Crippen LogP contribution in [-0.2, 0) is 4.74 Å². The third kappa shape index (κ3) is 12.0. The zero-order valence-electron chi connectivity index (χ0n) is 11.7. The van der Waals surface area contributed by atoms with E-state index in [1.807, 2.05) is 27.7 Å². The minimum atomic E-state index is 0.139. The Balaban J connectivity index is 0. The Bertz CT molecular complexity index is 104. The minimum Gasteiger partial charge on any atom is -0.394 e. The van der Waals surface area contributed by atoms with Gasteiger partial charge in [-0.25, -0.2) is 0 Å². The maximum atomic E-state index is 8.46. The third-order valence-electron chi connectivity index (χ3n) is 2.24. The van der Waals surface area contributed by atoms with Gasteiger partial charge in [0, 0.05) is 6.54 Å². The summed E-state index contributed by atoms with van der Waals surface area (Å²) >= 11 is 0. The summed E-state index contributed by atoms with van der Waals surface area (Å²) in [6.45, 7) is 12.9. The molecular formula is C13H31NO2. The Kier molecular flexibility index (Phi) is 19.7. The molecule has 1 heterocycles. The van der Waals surface area contributed by atoms with E-state index in [0.29, 0.717) is 6.61 Å². The van der Waals surface area contributed by atoms with E-state index in [9.17, 15) is 0 Å². The molecule has 3 nitrogen and oxygen atoms in total. The Morgan fingerprint density at radius 2 is 1.50 bits per heavy atom. The predicted octanol–water partition coefficient (Wildman–Crippen LogP) is 2.53. The Labute approximate surface area is 102 Å². The molecule has 0 aromatic carbocycles. The molecule has 1 rings (SSSR count). The summed E-state index contributed by atoms with van der Waals surface area (Å²) in [6.07, 6.45) is 4.05. The van der Waals surface area contributed by atoms with Crippen LogP contribution in [0.25, 0.3) is 0 Å². The van der Waals surface area contributed by atoms with Crippen molar-refractivity contribution in [2.75, 3.05) is 39.5 Å². The monoisotopic (exact) mass is 233 g/mol. The van der Waals surface area contributed by atoms with Gasteiger partial charge in [0.1, 0.15) is 0 Å². The molecule has 0 aromatic heterocycles. The van der Waals surface area contributed by atoms with Gasteiger partial charge >= 0.3 is 0 Å². The topological polar surface area (TPSA) is 32.7 Å². The fourth-order valence-electron chi connectivity index (χ4n) is 1.54. The molecular weight excluding hydrogens is 202 g/mol. The van der Waals surface area contributed by atoms with E-state index in [2.05, 4.69) is 4.90 Å². The van der Waals surface area contributed by atoms with Crippen molar-refractivity contribution in [3.63, 3.8) is 0 Å². The lowest BCUT2D eigenvalue weighted by Crippen LogP contribution is -2.32. The average molecular weight is 233 g/mol. The van der Waals surface area contributed by atoms with Gasteiger partial charge in [0.15, 0.2) is 0 Å². The van der Waals surface area contributed by atoms with Crippen molar-refractivity contribution in [2.45, 2.75) is 47.0 Å². The molecule has 1 fully saturated rings. The van der Waals surface area contributed by atoms with Crippen molar-refractivity contribution in [2.24, 2.45) is 0 Å². The Morgan fingerprint density at radius 1 is 0.938 bits per heavy atom. The molecule has 0 amide bonds. The van der Waals surface area contributed by atoms with Gasteiger partial charge in [-0.1, -0.05) is 34.1 Å². The molecule has 0 aliphatic carbocycles. The molecule has 1 aliphatic rings. The zero-order valence-corrected chi connectivity index (χ0v) is 11.7. The van der Waals surface area contributed by atoms with Crippen LogP contribution >= 0.6 is 0 Å². The normalized spacial score (nSPS) is 15.6. The first kappa shape index (κ1) is 18.3. The fourth-order valence-corrected chi connectivity index (χ4v) is 1.54. The molecule has 1 aliphatic heterocycles. The summed E-state index contributed by atoms with van der Waals surface area (Å²) in [4.78, 5) is 2.43. The molecule has 0 unspecified atom stereocenters. The van der Waals surface area contributed by atoms with E-state index in [0.717, 1.165) is 13.2 Å². The Morgan fingerprint density at radius 3 is 2.00 bits per heavy atom. The second-order valence-electron chi connectivity index (χ2n) is 3.24. The van der Waals surface area contributed by atoms with Crippen LogP contribution in [0.1, 0.15) is 47.0 Å². The van der Waals surface area contributed by atoms with Gasteiger partial charge in [-0.3, -0.25) is 0 Å². The molecule has 0 spiro atoms. The van der Waals surface area contributed by atoms with Crippen LogP contribution in [0.5, 0.6) is 0 Å². The van der Waals surface area contributed by atoms with Gasteiger partial charge in [0.2, 0.25) is 0 Å². The van der Waals surface area contributed by atoms with Crippen molar-refractivity contribution >= 4 is 0 Å². The van der Waals surface area contributed by atoms with E-state index in [1.54, 1.807) is 0 Å². The molecule has 100 valence electrons. The number of hydrogen-bond acceptors (Lipinski definition) is 3.